The Balaban J connectivity index is 1.63. The zero-order chi connectivity index (χ0) is 17.2. The van der Waals surface area contributed by atoms with Crippen molar-refractivity contribution in [2.24, 2.45) is 20.9 Å². The molecule has 1 saturated heterocycles. The quantitative estimate of drug-likeness (QED) is 0.833. The van der Waals surface area contributed by atoms with Gasteiger partial charge in [0.2, 0.25) is 5.96 Å². The van der Waals surface area contributed by atoms with Crippen molar-refractivity contribution in [3.8, 4) is 5.75 Å². The van der Waals surface area contributed by atoms with Crippen molar-refractivity contribution < 1.29 is 9.53 Å². The highest BCUT2D eigenvalue weighted by molar-refractivity contribution is 6.25. The summed E-state index contributed by atoms with van der Waals surface area (Å²) in [6, 6.07) is 7.65. The van der Waals surface area contributed by atoms with Crippen LogP contribution in [0.25, 0.3) is 5.57 Å². The number of ether oxygens (including phenoxy) is 1. The number of hydrogen-bond acceptors (Lipinski definition) is 5. The molecule has 3 aliphatic heterocycles. The Morgan fingerprint density at radius 2 is 1.84 bits per heavy atom. The molecule has 6 nitrogen and oxygen atoms in total. The van der Waals surface area contributed by atoms with E-state index in [4.69, 9.17) is 4.74 Å². The molecule has 0 radical (unpaired) electrons. The standard InChI is InChI=1S/C19H20N4O2/c1-25-14-7-5-13(6-8-14)15-9-10-20-17-16(15)18(24)22-19(21-17)23-11-3-2-4-12-23/h5-10,16H,2-4,11-12H2,1H3. The van der Waals surface area contributed by atoms with Crippen LogP contribution in [-0.2, 0) is 4.79 Å². The first kappa shape index (κ1) is 15.7. The van der Waals surface area contributed by atoms with Crippen molar-refractivity contribution in [3.63, 3.8) is 0 Å². The number of nitrogens with zero attached hydrogens (tertiary/aromatic N) is 4. The molecule has 3 aliphatic rings. The number of allylic oxidation sites excluding steroid dienone is 1. The molecule has 1 unspecified atom stereocenters. The van der Waals surface area contributed by atoms with Crippen LogP contribution in [-0.4, -0.2) is 49.0 Å². The second kappa shape index (κ2) is 6.63. The van der Waals surface area contributed by atoms with Gasteiger partial charge in [0.1, 0.15) is 17.5 Å². The fourth-order valence-electron chi connectivity index (χ4n) is 3.41. The van der Waals surface area contributed by atoms with Gasteiger partial charge in [0.05, 0.1) is 7.11 Å². The van der Waals surface area contributed by atoms with Crippen LogP contribution in [0.5, 0.6) is 5.75 Å². The summed E-state index contributed by atoms with van der Waals surface area (Å²) < 4.78 is 5.20. The Morgan fingerprint density at radius 3 is 2.56 bits per heavy atom. The number of likely N-dealkylation sites (tertiary alicyclic amines) is 1. The Bertz CT molecular complexity index is 799. The molecule has 0 bridgehead atoms. The molecule has 1 amide bonds. The van der Waals surface area contributed by atoms with Gasteiger partial charge in [0.15, 0.2) is 0 Å². The second-order valence-corrected chi connectivity index (χ2v) is 6.33. The smallest absolute Gasteiger partial charge is 0.264 e. The Labute approximate surface area is 146 Å². The van der Waals surface area contributed by atoms with Crippen molar-refractivity contribution >= 4 is 29.5 Å². The fourth-order valence-corrected chi connectivity index (χ4v) is 3.41. The zero-order valence-corrected chi connectivity index (χ0v) is 14.2. The van der Waals surface area contributed by atoms with E-state index in [2.05, 4.69) is 19.9 Å². The first-order chi connectivity index (χ1) is 12.3. The summed E-state index contributed by atoms with van der Waals surface area (Å²) in [5.74, 6) is 1.12. The van der Waals surface area contributed by atoms with Gasteiger partial charge in [-0.05, 0) is 48.6 Å². The van der Waals surface area contributed by atoms with E-state index in [0.717, 1.165) is 42.8 Å². The lowest BCUT2D eigenvalue weighted by molar-refractivity contribution is -0.118. The third-order valence-corrected chi connectivity index (χ3v) is 4.76. The van der Waals surface area contributed by atoms with Crippen LogP contribution in [0.3, 0.4) is 0 Å². The predicted octanol–water partition coefficient (Wildman–Crippen LogP) is 2.56. The van der Waals surface area contributed by atoms with Crippen LogP contribution < -0.4 is 4.74 Å². The first-order valence-electron chi connectivity index (χ1n) is 8.61. The minimum atomic E-state index is -0.521. The summed E-state index contributed by atoms with van der Waals surface area (Å²) in [5, 5.41) is 0. The summed E-state index contributed by atoms with van der Waals surface area (Å²) in [6.07, 6.45) is 7.02. The number of fused-ring (bicyclic) bond motifs is 1. The largest absolute Gasteiger partial charge is 0.497 e. The van der Waals surface area contributed by atoms with E-state index in [1.165, 1.54) is 6.42 Å². The van der Waals surface area contributed by atoms with E-state index >= 15 is 0 Å². The maximum absolute atomic E-state index is 12.8. The molecule has 0 aromatic heterocycles. The molecule has 25 heavy (non-hydrogen) atoms. The molecule has 1 aromatic carbocycles. The third-order valence-electron chi connectivity index (χ3n) is 4.76. The lowest BCUT2D eigenvalue weighted by atomic mass is 9.88. The number of amides is 1. The number of carbonyl (C=O) groups is 1. The summed E-state index contributed by atoms with van der Waals surface area (Å²) in [7, 11) is 1.63. The monoisotopic (exact) mass is 336 g/mol. The van der Waals surface area contributed by atoms with E-state index in [1.54, 1.807) is 13.3 Å². The summed E-state index contributed by atoms with van der Waals surface area (Å²) in [6.45, 7) is 1.80. The van der Waals surface area contributed by atoms with Gasteiger partial charge < -0.3 is 9.64 Å². The average Bonchev–Trinajstić information content (AvgIpc) is 2.68. The average molecular weight is 336 g/mol. The van der Waals surface area contributed by atoms with Crippen LogP contribution in [0, 0.1) is 5.92 Å². The Hall–Kier alpha value is -2.76. The highest BCUT2D eigenvalue weighted by atomic mass is 16.5. The van der Waals surface area contributed by atoms with Crippen LogP contribution in [0.2, 0.25) is 0 Å². The van der Waals surface area contributed by atoms with Gasteiger partial charge in [-0.15, -0.1) is 0 Å². The van der Waals surface area contributed by atoms with Crippen LogP contribution in [0.4, 0.5) is 0 Å². The zero-order valence-electron chi connectivity index (χ0n) is 14.2. The molecule has 4 rings (SSSR count). The van der Waals surface area contributed by atoms with Gasteiger partial charge in [-0.25, -0.2) is 4.99 Å². The van der Waals surface area contributed by atoms with Crippen molar-refractivity contribution in [1.29, 1.82) is 0 Å². The maximum Gasteiger partial charge on any atom is 0.264 e. The van der Waals surface area contributed by atoms with Crippen molar-refractivity contribution in [1.82, 2.24) is 4.90 Å². The number of benzene rings is 1. The van der Waals surface area contributed by atoms with E-state index in [0.29, 0.717) is 11.8 Å². The fraction of sp³-hybridized carbons (Fsp3) is 0.368. The number of amidine groups is 1. The Kier molecular flexibility index (Phi) is 4.17. The molecule has 1 fully saturated rings. The van der Waals surface area contributed by atoms with Crippen molar-refractivity contribution in [3.05, 3.63) is 35.9 Å². The molecule has 128 valence electrons. The maximum atomic E-state index is 12.8. The Morgan fingerprint density at radius 1 is 1.08 bits per heavy atom. The van der Waals surface area contributed by atoms with Gasteiger partial charge in [-0.3, -0.25) is 4.79 Å². The second-order valence-electron chi connectivity index (χ2n) is 6.33. The van der Waals surface area contributed by atoms with Crippen molar-refractivity contribution in [2.75, 3.05) is 20.2 Å². The van der Waals surface area contributed by atoms with Gasteiger partial charge in [-0.1, -0.05) is 12.1 Å². The van der Waals surface area contributed by atoms with E-state index in [9.17, 15) is 4.79 Å². The third kappa shape index (κ3) is 2.99. The molecule has 1 atom stereocenters. The molecule has 3 heterocycles. The number of piperidine rings is 1. The lowest BCUT2D eigenvalue weighted by Gasteiger charge is -2.30. The number of hydrogen-bond donors (Lipinski definition) is 0. The molecule has 0 saturated carbocycles. The highest BCUT2D eigenvalue weighted by Gasteiger charge is 2.35. The number of methoxy groups -OCH3 is 1. The number of aliphatic imine (C=N–C) groups is 3. The molecule has 0 aliphatic carbocycles. The molecular formula is C19H20N4O2. The van der Waals surface area contributed by atoms with Crippen LogP contribution in [0.15, 0.2) is 45.3 Å². The molecular weight excluding hydrogens is 316 g/mol. The number of guanidine groups is 1. The predicted molar refractivity (Wildman–Crippen MR) is 98.3 cm³/mol. The van der Waals surface area contributed by atoms with E-state index in [-0.39, 0.29) is 5.91 Å². The van der Waals surface area contributed by atoms with Gasteiger partial charge in [0, 0.05) is 19.3 Å². The van der Waals surface area contributed by atoms with Gasteiger partial charge in [-0.2, -0.15) is 9.98 Å². The van der Waals surface area contributed by atoms with Gasteiger partial charge in [0.25, 0.3) is 5.91 Å². The van der Waals surface area contributed by atoms with E-state index < -0.39 is 5.92 Å². The molecule has 1 aromatic rings. The molecule has 0 spiro atoms. The first-order valence-corrected chi connectivity index (χ1v) is 8.61. The van der Waals surface area contributed by atoms with Crippen molar-refractivity contribution in [2.45, 2.75) is 19.3 Å². The number of carbonyl (C=O) groups excluding carboxylic acids is 1. The summed E-state index contributed by atoms with van der Waals surface area (Å²) in [4.78, 5) is 28.1. The SMILES string of the molecule is COc1ccc(C2=CC=NC3=NC(N4CCCCC4)=NC(=O)C23)cc1. The summed E-state index contributed by atoms with van der Waals surface area (Å²) >= 11 is 0. The minimum absolute atomic E-state index is 0.190. The molecule has 0 N–H and O–H groups in total. The highest BCUT2D eigenvalue weighted by Crippen LogP contribution is 2.31. The lowest BCUT2D eigenvalue weighted by Crippen LogP contribution is -2.40. The van der Waals surface area contributed by atoms with Crippen LogP contribution >= 0.6 is 0 Å². The van der Waals surface area contributed by atoms with Gasteiger partial charge >= 0.3 is 0 Å². The topological polar surface area (TPSA) is 66.6 Å². The van der Waals surface area contributed by atoms with E-state index in [1.807, 2.05) is 30.3 Å². The number of rotatable bonds is 2. The number of dihydropyridines is 1. The normalized spacial score (nSPS) is 22.8. The van der Waals surface area contributed by atoms with Crippen LogP contribution in [0.1, 0.15) is 24.8 Å². The summed E-state index contributed by atoms with van der Waals surface area (Å²) in [5.41, 5.74) is 1.83. The molecule has 6 heteroatoms. The minimum Gasteiger partial charge on any atom is -0.497 e.